The van der Waals surface area contributed by atoms with Gasteiger partial charge in [-0.1, -0.05) is 0 Å². The molecule has 3 rings (SSSR count). The molecule has 3 aromatic rings. The van der Waals surface area contributed by atoms with Crippen LogP contribution in [-0.4, -0.2) is 17.3 Å². The van der Waals surface area contributed by atoms with E-state index in [-0.39, 0.29) is 0 Å². The Morgan fingerprint density at radius 3 is 1.08 bits per heavy atom. The van der Waals surface area contributed by atoms with E-state index in [4.69, 9.17) is 8.92 Å². The zero-order valence-electron chi connectivity index (χ0n) is 14.1. The molecule has 3 aromatic carbocycles. The molecule has 134 valence electrons. The van der Waals surface area contributed by atoms with Crippen LogP contribution < -0.4 is 0 Å². The molecule has 0 amide bonds. The molecule has 0 aliphatic rings. The summed E-state index contributed by atoms with van der Waals surface area (Å²) in [6.07, 6.45) is 0. The topological polar surface area (TPSA) is 0 Å². The van der Waals surface area contributed by atoms with E-state index < -0.39 is 17.3 Å². The van der Waals surface area contributed by atoms with Crippen molar-refractivity contribution < 1.29 is 0 Å². The van der Waals surface area contributed by atoms with Crippen molar-refractivity contribution in [2.45, 2.75) is 13.3 Å². The molecule has 0 aromatic heterocycles. The van der Waals surface area contributed by atoms with Gasteiger partial charge in [-0.2, -0.15) is 0 Å². The van der Waals surface area contributed by atoms with Crippen molar-refractivity contribution in [2.24, 2.45) is 0 Å². The van der Waals surface area contributed by atoms with Gasteiger partial charge in [0.25, 0.3) is 0 Å². The van der Waals surface area contributed by atoms with Gasteiger partial charge in [-0.15, -0.1) is 0 Å². The fourth-order valence-electron chi connectivity index (χ4n) is 3.14. The molecule has 0 bridgehead atoms. The van der Waals surface area contributed by atoms with E-state index in [0.29, 0.717) is 0 Å². The summed E-state index contributed by atoms with van der Waals surface area (Å²) >= 11 is 8.04. The second-order valence-electron chi connectivity index (χ2n) is 6.46. The summed E-state index contributed by atoms with van der Waals surface area (Å²) in [7, 11) is 7.51. The third kappa shape index (κ3) is 5.60. The third-order valence-electron chi connectivity index (χ3n) is 4.40. The van der Waals surface area contributed by atoms with Crippen molar-refractivity contribution in [1.29, 1.82) is 0 Å². The number of rotatable bonds is 6. The van der Waals surface area contributed by atoms with Crippen LogP contribution in [0.4, 0.5) is 0 Å². The van der Waals surface area contributed by atoms with Crippen molar-refractivity contribution in [1.82, 2.24) is 0 Å². The number of hydrogen-bond donors (Lipinski definition) is 0. The minimum absolute atomic E-state index is 0.986. The summed E-state index contributed by atoms with van der Waals surface area (Å²) in [6, 6.07) is 25.4. The predicted octanol–water partition coefficient (Wildman–Crippen LogP) is 7.80. The van der Waals surface area contributed by atoms with Crippen LogP contribution >= 0.6 is 56.7 Å². The first-order valence-corrected chi connectivity index (χ1v) is 20.4. The molecule has 0 nitrogen and oxygen atoms in total. The van der Waals surface area contributed by atoms with Gasteiger partial charge in [-0.25, -0.2) is 0 Å². The van der Waals surface area contributed by atoms with Gasteiger partial charge >= 0.3 is 190 Å². The number of benzene rings is 3. The average molecular weight is 664 g/mol. The molecule has 0 spiro atoms. The van der Waals surface area contributed by atoms with E-state index >= 15 is 0 Å². The Hall–Kier alpha value is 0.189. The van der Waals surface area contributed by atoms with E-state index in [1.807, 2.05) is 0 Å². The maximum atomic E-state index is 7.51. The van der Waals surface area contributed by atoms with Crippen LogP contribution in [0.1, 0.15) is 16.7 Å². The first kappa shape index (κ1) is 20.9. The first-order chi connectivity index (χ1) is 12.5. The van der Waals surface area contributed by atoms with Crippen LogP contribution in [0.3, 0.4) is 0 Å². The molecule has 0 aliphatic carbocycles. The minimum atomic E-state index is -3.08. The van der Waals surface area contributed by atoms with Crippen LogP contribution in [0.15, 0.2) is 86.2 Å². The molecule has 0 aliphatic heterocycles. The van der Waals surface area contributed by atoms with Crippen molar-refractivity contribution in [3.05, 3.63) is 103 Å². The summed E-state index contributed by atoms with van der Waals surface area (Å²) in [5, 5.41) is 0. The molecular weight excluding hydrogens is 646 g/mol. The SMILES string of the molecule is [Cl][Sn]([CH2]c1ccccc1Br)([CH2]c1ccccc1Br)[CH2]c1ccccc1Br. The zero-order chi connectivity index (χ0) is 18.6. The Kier molecular flexibility index (Phi) is 7.72. The zero-order valence-corrected chi connectivity index (χ0v) is 22.4. The second-order valence-corrected chi connectivity index (χ2v) is 24.0. The van der Waals surface area contributed by atoms with Crippen LogP contribution in [0.25, 0.3) is 0 Å². The van der Waals surface area contributed by atoms with Crippen molar-refractivity contribution in [3.63, 3.8) is 0 Å². The van der Waals surface area contributed by atoms with Gasteiger partial charge in [0.1, 0.15) is 0 Å². The van der Waals surface area contributed by atoms with Crippen LogP contribution in [0.2, 0.25) is 0 Å². The molecule has 0 fully saturated rings. The second kappa shape index (κ2) is 9.60. The predicted molar refractivity (Wildman–Crippen MR) is 125 cm³/mol. The summed E-state index contributed by atoms with van der Waals surface area (Å²) in [6.45, 7) is 0. The van der Waals surface area contributed by atoms with E-state index in [1.165, 1.54) is 16.7 Å². The van der Waals surface area contributed by atoms with Gasteiger partial charge in [0.2, 0.25) is 0 Å². The Balaban J connectivity index is 1.96. The Labute approximate surface area is 188 Å². The number of halogens is 4. The molecule has 5 heteroatoms. The Morgan fingerprint density at radius 1 is 0.538 bits per heavy atom. The molecular formula is C21H18Br3ClSn. The average Bonchev–Trinajstić information content (AvgIpc) is 2.61. The van der Waals surface area contributed by atoms with Gasteiger partial charge in [-0.3, -0.25) is 0 Å². The fraction of sp³-hybridized carbons (Fsp3) is 0.143. The summed E-state index contributed by atoms with van der Waals surface area (Å²) in [5.74, 6) is 0. The molecule has 0 saturated carbocycles. The third-order valence-corrected chi connectivity index (χ3v) is 18.1. The van der Waals surface area contributed by atoms with Crippen LogP contribution in [0, 0.1) is 0 Å². The fourth-order valence-corrected chi connectivity index (χ4v) is 19.1. The quantitative estimate of drug-likeness (QED) is 0.236. The summed E-state index contributed by atoms with van der Waals surface area (Å²) in [5.41, 5.74) is 3.95. The molecule has 0 saturated heterocycles. The molecule has 0 atom stereocenters. The Bertz CT molecular complexity index is 782. The van der Waals surface area contributed by atoms with Crippen LogP contribution in [0.5, 0.6) is 0 Å². The first-order valence-electron chi connectivity index (χ1n) is 8.36. The normalized spacial score (nSPS) is 11.5. The van der Waals surface area contributed by atoms with Gasteiger partial charge in [-0.05, 0) is 0 Å². The van der Waals surface area contributed by atoms with Gasteiger partial charge < -0.3 is 0 Å². The maximum absolute atomic E-state index is 7.51. The van der Waals surface area contributed by atoms with Gasteiger partial charge in [0, 0.05) is 0 Å². The molecule has 0 radical (unpaired) electrons. The van der Waals surface area contributed by atoms with Gasteiger partial charge in [0.05, 0.1) is 0 Å². The van der Waals surface area contributed by atoms with E-state index in [9.17, 15) is 0 Å². The molecule has 26 heavy (non-hydrogen) atoms. The standard InChI is InChI=1S/3C7H6Br.ClH.Sn/c3*1-6-4-2-3-5-7(6)8;;/h3*2-5H,1H2;1H;/q;;;;+1/p-1. The Morgan fingerprint density at radius 2 is 0.808 bits per heavy atom. The number of hydrogen-bond acceptors (Lipinski definition) is 0. The van der Waals surface area contributed by atoms with Gasteiger partial charge in [0.15, 0.2) is 0 Å². The molecule has 0 heterocycles. The van der Waals surface area contributed by atoms with Crippen molar-refractivity contribution in [2.75, 3.05) is 0 Å². The van der Waals surface area contributed by atoms with Crippen LogP contribution in [-0.2, 0) is 13.3 Å². The van der Waals surface area contributed by atoms with E-state index in [0.717, 1.165) is 26.7 Å². The summed E-state index contributed by atoms with van der Waals surface area (Å²) < 4.78 is 6.42. The van der Waals surface area contributed by atoms with E-state index in [2.05, 4.69) is 121 Å². The molecule has 0 N–H and O–H groups in total. The van der Waals surface area contributed by atoms with Crippen molar-refractivity contribution in [3.8, 4) is 0 Å². The van der Waals surface area contributed by atoms with Crippen molar-refractivity contribution >= 4 is 74.0 Å². The molecule has 0 unspecified atom stereocenters. The van der Waals surface area contributed by atoms with E-state index in [1.54, 1.807) is 0 Å². The summed E-state index contributed by atoms with van der Waals surface area (Å²) in [4.78, 5) is 0. The monoisotopic (exact) mass is 662 g/mol.